The number of halogens is 2. The van der Waals surface area contributed by atoms with E-state index in [0.717, 1.165) is 19.6 Å². The number of rotatable bonds is 10. The Balaban J connectivity index is 1.23. The number of morpholine rings is 1. The quantitative estimate of drug-likeness (QED) is 0.372. The molecular formula is C27H33ClFN5O5S. The number of sulfonamides is 1. The number of methoxy groups -OCH3 is 1. The van der Waals surface area contributed by atoms with Crippen molar-refractivity contribution < 1.29 is 27.0 Å². The van der Waals surface area contributed by atoms with Gasteiger partial charge in [-0.15, -0.1) is 0 Å². The van der Waals surface area contributed by atoms with E-state index in [-0.39, 0.29) is 16.9 Å². The number of hydrogen-bond donors (Lipinski definition) is 1. The van der Waals surface area contributed by atoms with Crippen LogP contribution in [0.3, 0.4) is 0 Å². The molecule has 10 nitrogen and oxygen atoms in total. The van der Waals surface area contributed by atoms with Crippen LogP contribution in [-0.4, -0.2) is 92.5 Å². The van der Waals surface area contributed by atoms with E-state index in [1.807, 2.05) is 0 Å². The summed E-state index contributed by atoms with van der Waals surface area (Å²) in [5, 5.41) is 3.84. The molecule has 40 heavy (non-hydrogen) atoms. The predicted molar refractivity (Wildman–Crippen MR) is 152 cm³/mol. The number of nitrogens with one attached hydrogen (secondary N) is 1. The zero-order valence-electron chi connectivity index (χ0n) is 22.3. The van der Waals surface area contributed by atoms with Crippen LogP contribution < -0.4 is 14.8 Å². The maximum atomic E-state index is 13.6. The molecule has 2 saturated heterocycles. The molecule has 13 heteroatoms. The number of piperidine rings is 1. The average molecular weight is 594 g/mol. The van der Waals surface area contributed by atoms with Gasteiger partial charge in [-0.05, 0) is 50.1 Å². The third-order valence-electron chi connectivity index (χ3n) is 7.17. The highest BCUT2D eigenvalue weighted by Gasteiger charge is 2.29. The first-order valence-electron chi connectivity index (χ1n) is 13.3. The van der Waals surface area contributed by atoms with E-state index in [9.17, 15) is 12.8 Å². The molecule has 5 rings (SSSR count). The van der Waals surface area contributed by atoms with Gasteiger partial charge in [0.25, 0.3) is 0 Å². The van der Waals surface area contributed by atoms with Crippen LogP contribution in [0, 0.1) is 5.82 Å². The lowest BCUT2D eigenvalue weighted by Gasteiger charge is -2.32. The van der Waals surface area contributed by atoms with Crippen LogP contribution in [0.2, 0.25) is 5.02 Å². The van der Waals surface area contributed by atoms with E-state index in [1.54, 1.807) is 29.6 Å². The first kappa shape index (κ1) is 28.7. The summed E-state index contributed by atoms with van der Waals surface area (Å²) in [7, 11) is -1.77. The summed E-state index contributed by atoms with van der Waals surface area (Å²) in [4.78, 5) is 10.9. The van der Waals surface area contributed by atoms with Crippen molar-refractivity contribution in [3.63, 3.8) is 0 Å². The molecule has 0 radical (unpaired) electrons. The van der Waals surface area contributed by atoms with Crippen LogP contribution in [0.15, 0.2) is 36.7 Å². The Morgan fingerprint density at radius 3 is 2.60 bits per heavy atom. The Bertz CT molecular complexity index is 1430. The molecule has 0 aliphatic carbocycles. The third-order valence-corrected chi connectivity index (χ3v) is 9.42. The second-order valence-electron chi connectivity index (χ2n) is 9.84. The molecule has 1 aromatic heterocycles. The zero-order valence-corrected chi connectivity index (χ0v) is 23.9. The van der Waals surface area contributed by atoms with Gasteiger partial charge >= 0.3 is 0 Å². The molecular weight excluding hydrogens is 561 g/mol. The van der Waals surface area contributed by atoms with E-state index in [1.165, 1.54) is 18.5 Å². The second-order valence-corrected chi connectivity index (χ2v) is 12.3. The van der Waals surface area contributed by atoms with Crippen LogP contribution in [0.4, 0.5) is 15.9 Å². The van der Waals surface area contributed by atoms with Gasteiger partial charge in [-0.3, -0.25) is 4.90 Å². The first-order valence-corrected chi connectivity index (χ1v) is 15.3. The van der Waals surface area contributed by atoms with E-state index in [4.69, 9.17) is 25.8 Å². The predicted octanol–water partition coefficient (Wildman–Crippen LogP) is 4.07. The molecule has 0 saturated carbocycles. The second kappa shape index (κ2) is 12.8. The van der Waals surface area contributed by atoms with E-state index >= 15 is 0 Å². The van der Waals surface area contributed by atoms with Crippen molar-refractivity contribution >= 4 is 44.0 Å². The molecule has 2 aromatic carbocycles. The number of aromatic nitrogens is 2. The number of fused-ring (bicyclic) bond motifs is 1. The van der Waals surface area contributed by atoms with E-state index in [0.29, 0.717) is 79.5 Å². The number of benzene rings is 2. The van der Waals surface area contributed by atoms with Gasteiger partial charge < -0.3 is 19.5 Å². The van der Waals surface area contributed by atoms with E-state index < -0.39 is 15.8 Å². The summed E-state index contributed by atoms with van der Waals surface area (Å²) in [5.74, 6) is 1.16. The molecule has 0 unspecified atom stereocenters. The lowest BCUT2D eigenvalue weighted by atomic mass is 10.1. The Labute approximate surface area is 238 Å². The fraction of sp³-hybridized carbons (Fsp3) is 0.481. The first-order chi connectivity index (χ1) is 19.3. The standard InChI is InChI=1S/C27H33ClFN5O5S/c1-37-25-17-24-21(27(31-18-30-24)32-19-3-4-23(29)22(28)15-19)16-26(25)39-20-5-8-34(9-6-20)40(35,36)14-2-7-33-10-12-38-13-11-33/h3-4,15-18,20H,2,5-14H2,1H3,(H,30,31,32). The highest BCUT2D eigenvalue weighted by Crippen LogP contribution is 2.36. The molecule has 216 valence electrons. The lowest BCUT2D eigenvalue weighted by Crippen LogP contribution is -2.43. The Morgan fingerprint density at radius 1 is 1.10 bits per heavy atom. The summed E-state index contributed by atoms with van der Waals surface area (Å²) < 4.78 is 58.3. The van der Waals surface area contributed by atoms with Crippen molar-refractivity contribution in [3.05, 3.63) is 47.5 Å². The monoisotopic (exact) mass is 593 g/mol. The summed E-state index contributed by atoms with van der Waals surface area (Å²) in [6.45, 7) is 4.69. The molecule has 0 spiro atoms. The Morgan fingerprint density at radius 2 is 1.88 bits per heavy atom. The Hall–Kier alpha value is -2.77. The number of ether oxygens (including phenoxy) is 3. The highest BCUT2D eigenvalue weighted by atomic mass is 35.5. The van der Waals surface area contributed by atoms with Crippen LogP contribution in [0.25, 0.3) is 10.9 Å². The molecule has 2 fully saturated rings. The molecule has 2 aliphatic heterocycles. The van der Waals surface area contributed by atoms with Crippen molar-refractivity contribution in [2.45, 2.75) is 25.4 Å². The highest BCUT2D eigenvalue weighted by molar-refractivity contribution is 7.89. The minimum atomic E-state index is -3.33. The summed E-state index contributed by atoms with van der Waals surface area (Å²) >= 11 is 5.94. The lowest BCUT2D eigenvalue weighted by molar-refractivity contribution is 0.0380. The fourth-order valence-electron chi connectivity index (χ4n) is 4.96. The van der Waals surface area contributed by atoms with Gasteiger partial charge in [0.2, 0.25) is 10.0 Å². The van der Waals surface area contributed by atoms with Gasteiger partial charge in [-0.2, -0.15) is 0 Å². The minimum absolute atomic E-state index is 0.000452. The molecule has 3 aromatic rings. The minimum Gasteiger partial charge on any atom is -0.493 e. The maximum absolute atomic E-state index is 13.6. The van der Waals surface area contributed by atoms with Crippen LogP contribution in [0.5, 0.6) is 11.5 Å². The Kier molecular flexibility index (Phi) is 9.21. The summed E-state index contributed by atoms with van der Waals surface area (Å²) in [6.07, 6.45) is 2.98. The number of nitrogens with zero attached hydrogens (tertiary/aromatic N) is 4. The van der Waals surface area contributed by atoms with E-state index in [2.05, 4.69) is 20.2 Å². The van der Waals surface area contributed by atoms with Gasteiger partial charge in [0.15, 0.2) is 11.5 Å². The van der Waals surface area contributed by atoms with Crippen molar-refractivity contribution in [1.29, 1.82) is 0 Å². The van der Waals surface area contributed by atoms with Crippen LogP contribution >= 0.6 is 11.6 Å². The molecule has 2 aliphatic rings. The van der Waals surface area contributed by atoms with Crippen molar-refractivity contribution in [2.75, 3.05) is 64.1 Å². The summed E-state index contributed by atoms with van der Waals surface area (Å²) in [6, 6.07) is 7.90. The topological polar surface area (TPSA) is 106 Å². The SMILES string of the molecule is COc1cc2ncnc(Nc3ccc(F)c(Cl)c3)c2cc1OC1CCN(S(=O)(=O)CCCN2CCOCC2)CC1. The van der Waals surface area contributed by atoms with Crippen molar-refractivity contribution in [2.24, 2.45) is 0 Å². The average Bonchev–Trinajstić information content (AvgIpc) is 2.96. The van der Waals surface area contributed by atoms with Gasteiger partial charge in [0, 0.05) is 43.3 Å². The molecule has 0 amide bonds. The molecule has 1 N–H and O–H groups in total. The number of anilines is 2. The summed E-state index contributed by atoms with van der Waals surface area (Å²) in [5.41, 5.74) is 1.20. The molecule has 0 bridgehead atoms. The molecule has 0 atom stereocenters. The zero-order chi connectivity index (χ0) is 28.1. The molecule has 3 heterocycles. The smallest absolute Gasteiger partial charge is 0.214 e. The number of hydrogen-bond acceptors (Lipinski definition) is 9. The third kappa shape index (κ3) is 6.92. The van der Waals surface area contributed by atoms with Gasteiger partial charge in [-0.1, -0.05) is 11.6 Å². The van der Waals surface area contributed by atoms with Gasteiger partial charge in [-0.25, -0.2) is 27.1 Å². The normalized spacial score (nSPS) is 17.7. The van der Waals surface area contributed by atoms with Crippen molar-refractivity contribution in [1.82, 2.24) is 19.2 Å². The maximum Gasteiger partial charge on any atom is 0.214 e. The van der Waals surface area contributed by atoms with Crippen LogP contribution in [0.1, 0.15) is 19.3 Å². The van der Waals surface area contributed by atoms with Crippen LogP contribution in [-0.2, 0) is 14.8 Å². The largest absolute Gasteiger partial charge is 0.493 e. The van der Waals surface area contributed by atoms with Gasteiger partial charge in [0.05, 0.1) is 36.6 Å². The van der Waals surface area contributed by atoms with Crippen molar-refractivity contribution in [3.8, 4) is 11.5 Å². The van der Waals surface area contributed by atoms with Gasteiger partial charge in [0.1, 0.15) is 24.1 Å². The fourth-order valence-corrected chi connectivity index (χ4v) is 6.66.